The average Bonchev–Trinajstić information content (AvgIpc) is 2.65. The van der Waals surface area contributed by atoms with E-state index in [1.807, 2.05) is 0 Å². The molecule has 0 radical (unpaired) electrons. The first-order valence-corrected chi connectivity index (χ1v) is 7.19. The number of nitrogens with zero attached hydrogens (tertiary/aromatic N) is 6. The molecular formula is C12H14N6O8. The molecule has 0 aliphatic carbocycles. The number of hydrogen-bond acceptors (Lipinski definition) is 9. The van der Waals surface area contributed by atoms with Crippen LogP contribution >= 0.6 is 0 Å². The lowest BCUT2D eigenvalue weighted by Crippen LogP contribution is -2.50. The van der Waals surface area contributed by atoms with Crippen LogP contribution in [0.15, 0.2) is 23.5 Å². The van der Waals surface area contributed by atoms with Gasteiger partial charge in [0.15, 0.2) is 0 Å². The molecule has 0 N–H and O–H groups in total. The number of hydrogen-bond donors (Lipinski definition) is 0. The Morgan fingerprint density at radius 2 is 1.77 bits per heavy atom. The number of non-ortho nitro benzene ring substituents is 1. The van der Waals surface area contributed by atoms with Crippen LogP contribution in [0, 0.1) is 25.4 Å². The molecule has 1 aliphatic rings. The molecule has 0 saturated carbocycles. The van der Waals surface area contributed by atoms with Crippen LogP contribution in [0.5, 0.6) is 5.75 Å². The summed E-state index contributed by atoms with van der Waals surface area (Å²) in [4.78, 5) is 37.6. The van der Waals surface area contributed by atoms with E-state index in [0.717, 1.165) is 12.1 Å². The predicted octanol–water partition coefficient (Wildman–Crippen LogP) is 1.06. The maximum Gasteiger partial charge on any atom is 0.409 e. The number of carbonyl (C=O) groups is 1. The summed E-state index contributed by atoms with van der Waals surface area (Å²) in [5.74, 6) is -0.422. The second-order valence-corrected chi connectivity index (χ2v) is 5.00. The van der Waals surface area contributed by atoms with Crippen molar-refractivity contribution in [2.24, 2.45) is 5.28 Å². The highest BCUT2D eigenvalue weighted by Crippen LogP contribution is 2.31. The summed E-state index contributed by atoms with van der Waals surface area (Å²) >= 11 is 0. The van der Waals surface area contributed by atoms with Gasteiger partial charge in [-0.3, -0.25) is 25.1 Å². The Labute approximate surface area is 145 Å². The van der Waals surface area contributed by atoms with Gasteiger partial charge in [-0.2, -0.15) is 0 Å². The number of nitro benzene ring substituents is 2. The van der Waals surface area contributed by atoms with Gasteiger partial charge < -0.3 is 14.8 Å². The molecule has 1 aliphatic heterocycles. The topological polar surface area (TPSA) is 167 Å². The van der Waals surface area contributed by atoms with Crippen molar-refractivity contribution >= 4 is 17.5 Å². The van der Waals surface area contributed by atoms with E-state index in [0.29, 0.717) is 6.07 Å². The van der Waals surface area contributed by atoms with Crippen LogP contribution in [0.2, 0.25) is 0 Å². The van der Waals surface area contributed by atoms with Crippen molar-refractivity contribution in [1.29, 1.82) is 0 Å². The first-order valence-electron chi connectivity index (χ1n) is 7.19. The maximum absolute atomic E-state index is 11.9. The summed E-state index contributed by atoms with van der Waals surface area (Å²) in [6.45, 7) is 0.735. The van der Waals surface area contributed by atoms with E-state index in [2.05, 4.69) is 10.0 Å². The number of hydrazine groups is 1. The molecule has 140 valence electrons. The highest BCUT2D eigenvalue weighted by Gasteiger charge is 2.27. The van der Waals surface area contributed by atoms with Crippen LogP contribution in [0.4, 0.5) is 16.2 Å². The fourth-order valence-corrected chi connectivity index (χ4v) is 2.15. The first-order chi connectivity index (χ1) is 12.3. The molecule has 14 heteroatoms. The molecule has 2 rings (SSSR count). The van der Waals surface area contributed by atoms with E-state index in [1.165, 1.54) is 17.0 Å². The lowest BCUT2D eigenvalue weighted by molar-refractivity contribution is -0.708. The zero-order chi connectivity index (χ0) is 19.3. The molecule has 0 spiro atoms. The first kappa shape index (κ1) is 18.6. The van der Waals surface area contributed by atoms with E-state index in [9.17, 15) is 30.2 Å². The molecular weight excluding hydrogens is 356 g/mol. The van der Waals surface area contributed by atoms with Crippen LogP contribution in [0.1, 0.15) is 0 Å². The van der Waals surface area contributed by atoms with Gasteiger partial charge in [0, 0.05) is 19.2 Å². The fourth-order valence-electron chi connectivity index (χ4n) is 2.15. The Kier molecular flexibility index (Phi) is 5.67. The largest absolute Gasteiger partial charge is 0.569 e. The van der Waals surface area contributed by atoms with Gasteiger partial charge in [0.25, 0.3) is 5.69 Å². The van der Waals surface area contributed by atoms with Gasteiger partial charge in [-0.05, 0) is 6.07 Å². The van der Waals surface area contributed by atoms with E-state index in [1.54, 1.807) is 0 Å². The van der Waals surface area contributed by atoms with E-state index < -0.39 is 33.1 Å². The Morgan fingerprint density at radius 1 is 1.12 bits per heavy atom. The molecule has 1 saturated heterocycles. The highest BCUT2D eigenvalue weighted by atomic mass is 16.7. The molecule has 1 aromatic carbocycles. The monoisotopic (exact) mass is 370 g/mol. The number of rotatable bonds is 5. The quantitative estimate of drug-likeness (QED) is 0.318. The summed E-state index contributed by atoms with van der Waals surface area (Å²) in [6, 6.07) is 2.67. The Hall–Kier alpha value is -3.71. The fraction of sp³-hybridized carbons (Fsp3) is 0.417. The molecule has 1 aromatic rings. The second-order valence-electron chi connectivity index (χ2n) is 5.00. The number of ether oxygens (including phenoxy) is 1. The van der Waals surface area contributed by atoms with Gasteiger partial charge >= 0.3 is 11.8 Å². The van der Waals surface area contributed by atoms with Crippen LogP contribution in [0.25, 0.3) is 0 Å². The molecule has 0 bridgehead atoms. The van der Waals surface area contributed by atoms with Crippen molar-refractivity contribution < 1.29 is 29.2 Å². The summed E-state index contributed by atoms with van der Waals surface area (Å²) in [5, 5.41) is 38.0. The molecule has 1 heterocycles. The van der Waals surface area contributed by atoms with Gasteiger partial charge in [0.2, 0.25) is 11.0 Å². The summed E-state index contributed by atoms with van der Waals surface area (Å²) in [5.41, 5.74) is -1.20. The van der Waals surface area contributed by atoms with Gasteiger partial charge in [-0.25, -0.2) is 4.79 Å². The third-order valence-electron chi connectivity index (χ3n) is 3.49. The number of benzene rings is 1. The summed E-state index contributed by atoms with van der Waals surface area (Å²) in [6.07, 6.45) is -0.517. The van der Waals surface area contributed by atoms with Crippen LogP contribution in [-0.2, 0) is 4.74 Å². The number of carbonyl (C=O) groups excluding carboxylic acids is 1. The lowest BCUT2D eigenvalue weighted by Gasteiger charge is -2.30. The van der Waals surface area contributed by atoms with Crippen molar-refractivity contribution in [3.63, 3.8) is 0 Å². The molecule has 14 nitrogen and oxygen atoms in total. The van der Waals surface area contributed by atoms with Crippen molar-refractivity contribution in [2.75, 3.05) is 33.3 Å². The van der Waals surface area contributed by atoms with Crippen molar-refractivity contribution in [3.8, 4) is 5.75 Å². The smallest absolute Gasteiger partial charge is 0.409 e. The van der Waals surface area contributed by atoms with Gasteiger partial charge in [0.1, 0.15) is 0 Å². The van der Waals surface area contributed by atoms with Crippen LogP contribution < -0.4 is 4.84 Å². The van der Waals surface area contributed by atoms with Crippen LogP contribution in [-0.4, -0.2) is 64.1 Å². The van der Waals surface area contributed by atoms with E-state index in [-0.39, 0.29) is 31.1 Å². The van der Waals surface area contributed by atoms with Gasteiger partial charge in [0.05, 0.1) is 41.1 Å². The third-order valence-corrected chi connectivity index (χ3v) is 3.49. The zero-order valence-electron chi connectivity index (χ0n) is 13.5. The second kappa shape index (κ2) is 7.91. The van der Waals surface area contributed by atoms with E-state index in [4.69, 9.17) is 4.84 Å². The zero-order valence-corrected chi connectivity index (χ0v) is 13.5. The van der Waals surface area contributed by atoms with Crippen LogP contribution in [0.3, 0.4) is 0 Å². The van der Waals surface area contributed by atoms with Gasteiger partial charge in [-0.15, -0.1) is 5.01 Å². The van der Waals surface area contributed by atoms with Crippen molar-refractivity contribution in [2.45, 2.75) is 0 Å². The minimum atomic E-state index is -0.887. The standard InChI is InChI=1S/C12H14N6O8/c1-25-12(19)14-4-6-15(7-5-14)18(24)13-26-11-3-2-9(16(20)21)8-10(11)17(22)23/h2-3,8H,4-7H2,1H3/b18-13+. The number of piperazine rings is 1. The summed E-state index contributed by atoms with van der Waals surface area (Å²) in [7, 11) is 1.24. The molecule has 0 atom stereocenters. The Balaban J connectivity index is 2.06. The highest BCUT2D eigenvalue weighted by molar-refractivity contribution is 5.67. The molecule has 1 fully saturated rings. The average molecular weight is 370 g/mol. The molecule has 0 unspecified atom stereocenters. The minimum Gasteiger partial charge on any atom is -0.569 e. The Morgan fingerprint density at radius 3 is 2.31 bits per heavy atom. The Bertz CT molecular complexity index is 745. The summed E-state index contributed by atoms with van der Waals surface area (Å²) < 4.78 is 4.57. The normalized spacial score (nSPS) is 14.7. The SMILES string of the molecule is COC(=O)N1CCN(/[N+]([O-])=N\Oc2ccc([N+](=O)[O-])cc2[N+](=O)[O-])CC1. The number of amides is 1. The maximum atomic E-state index is 11.9. The van der Waals surface area contributed by atoms with Gasteiger partial charge in [-0.1, -0.05) is 0 Å². The molecule has 26 heavy (non-hydrogen) atoms. The van der Waals surface area contributed by atoms with E-state index >= 15 is 0 Å². The van der Waals surface area contributed by atoms with Crippen molar-refractivity contribution in [3.05, 3.63) is 43.6 Å². The lowest BCUT2D eigenvalue weighted by atomic mass is 10.2. The number of methoxy groups -OCH3 is 1. The predicted molar refractivity (Wildman–Crippen MR) is 82.0 cm³/mol. The minimum absolute atomic E-state index is 0.0970. The third kappa shape index (κ3) is 4.22. The molecule has 0 aromatic heterocycles. The van der Waals surface area contributed by atoms with Crippen molar-refractivity contribution in [1.82, 2.24) is 9.91 Å². The molecule has 1 amide bonds. The number of nitro groups is 2.